The maximum atomic E-state index is 12.2. The lowest BCUT2D eigenvalue weighted by molar-refractivity contribution is -0.122. The van der Waals surface area contributed by atoms with Gasteiger partial charge in [0.25, 0.3) is 5.89 Å². The topological polar surface area (TPSA) is 106 Å². The number of benzene rings is 1. The number of aryl methyl sites for hydroxylation is 1. The van der Waals surface area contributed by atoms with Crippen LogP contribution in [0.4, 0.5) is 0 Å². The van der Waals surface area contributed by atoms with Crippen molar-refractivity contribution in [3.05, 3.63) is 58.2 Å². The number of fused-ring (bicyclic) bond motifs is 1. The number of para-hydroxylation sites is 2. The molecular weight excluding hydrogens is 366 g/mol. The molecular formula is C18H17N5O3S. The highest BCUT2D eigenvalue weighted by atomic mass is 32.1. The van der Waals surface area contributed by atoms with Crippen LogP contribution >= 0.6 is 11.3 Å². The number of amides is 1. The minimum Gasteiger partial charge on any atom is -0.387 e. The van der Waals surface area contributed by atoms with Gasteiger partial charge in [0.15, 0.2) is 0 Å². The van der Waals surface area contributed by atoms with Gasteiger partial charge in [0.2, 0.25) is 5.91 Å². The molecule has 1 aromatic carbocycles. The molecule has 0 radical (unpaired) electrons. The molecule has 0 spiro atoms. The highest BCUT2D eigenvalue weighted by molar-refractivity contribution is 7.13. The van der Waals surface area contributed by atoms with Crippen molar-refractivity contribution in [1.82, 2.24) is 25.1 Å². The number of imidazole rings is 1. The van der Waals surface area contributed by atoms with Crippen LogP contribution in [0.25, 0.3) is 21.8 Å². The summed E-state index contributed by atoms with van der Waals surface area (Å²) in [6.45, 7) is 2.00. The van der Waals surface area contributed by atoms with Gasteiger partial charge in [-0.25, -0.2) is 9.78 Å². The van der Waals surface area contributed by atoms with Crippen LogP contribution in [0, 0.1) is 0 Å². The van der Waals surface area contributed by atoms with Crippen molar-refractivity contribution in [2.45, 2.75) is 25.9 Å². The van der Waals surface area contributed by atoms with E-state index >= 15 is 0 Å². The Kier molecular flexibility index (Phi) is 4.59. The van der Waals surface area contributed by atoms with Crippen LogP contribution < -0.4 is 11.1 Å². The summed E-state index contributed by atoms with van der Waals surface area (Å²) < 4.78 is 6.30. The first-order valence-corrected chi connectivity index (χ1v) is 9.34. The molecule has 1 amide bonds. The minimum atomic E-state index is -0.573. The SMILES string of the molecule is C[C@H](NC(=O)CCn1nc(-c2cccs2)oc1=O)c1nc2ccccc2[nH]1. The number of thiophene rings is 1. The molecule has 2 N–H and O–H groups in total. The molecule has 0 fully saturated rings. The monoisotopic (exact) mass is 383 g/mol. The van der Waals surface area contributed by atoms with E-state index in [2.05, 4.69) is 20.4 Å². The number of aromatic amines is 1. The molecule has 4 aromatic rings. The van der Waals surface area contributed by atoms with Crippen LogP contribution in [0.1, 0.15) is 25.2 Å². The molecule has 0 saturated carbocycles. The van der Waals surface area contributed by atoms with Crippen molar-refractivity contribution in [2.75, 3.05) is 0 Å². The minimum absolute atomic E-state index is 0.112. The van der Waals surface area contributed by atoms with E-state index in [1.54, 1.807) is 0 Å². The smallest absolute Gasteiger partial charge is 0.387 e. The summed E-state index contributed by atoms with van der Waals surface area (Å²) in [5.41, 5.74) is 1.77. The fraction of sp³-hybridized carbons (Fsp3) is 0.222. The van der Waals surface area contributed by atoms with Crippen LogP contribution in [-0.2, 0) is 11.3 Å². The number of nitrogens with one attached hydrogen (secondary N) is 2. The third kappa shape index (κ3) is 3.68. The van der Waals surface area contributed by atoms with Crippen molar-refractivity contribution in [1.29, 1.82) is 0 Å². The largest absolute Gasteiger partial charge is 0.437 e. The van der Waals surface area contributed by atoms with E-state index in [0.717, 1.165) is 15.9 Å². The number of aromatic nitrogens is 4. The normalized spacial score (nSPS) is 12.3. The second-order valence-electron chi connectivity index (χ2n) is 6.05. The summed E-state index contributed by atoms with van der Waals surface area (Å²) in [5, 5.41) is 8.89. The Labute approximate surface area is 157 Å². The highest BCUT2D eigenvalue weighted by Crippen LogP contribution is 2.21. The zero-order valence-electron chi connectivity index (χ0n) is 14.5. The lowest BCUT2D eigenvalue weighted by atomic mass is 10.3. The molecule has 8 nitrogen and oxygen atoms in total. The van der Waals surface area contributed by atoms with Gasteiger partial charge < -0.3 is 14.7 Å². The molecule has 0 unspecified atom stereocenters. The van der Waals surface area contributed by atoms with Gasteiger partial charge in [-0.15, -0.1) is 16.4 Å². The van der Waals surface area contributed by atoms with E-state index < -0.39 is 5.76 Å². The summed E-state index contributed by atoms with van der Waals surface area (Å²) in [7, 11) is 0. The van der Waals surface area contributed by atoms with Gasteiger partial charge >= 0.3 is 5.76 Å². The van der Waals surface area contributed by atoms with E-state index in [9.17, 15) is 9.59 Å². The lowest BCUT2D eigenvalue weighted by Gasteiger charge is -2.11. The van der Waals surface area contributed by atoms with Gasteiger partial charge in [-0.3, -0.25) is 4.79 Å². The quantitative estimate of drug-likeness (QED) is 0.532. The molecule has 3 aromatic heterocycles. The first kappa shape index (κ1) is 17.2. The summed E-state index contributed by atoms with van der Waals surface area (Å²) in [5.74, 6) is 0.182. The van der Waals surface area contributed by atoms with E-state index in [0.29, 0.717) is 5.82 Å². The molecule has 27 heavy (non-hydrogen) atoms. The van der Waals surface area contributed by atoms with E-state index in [1.165, 1.54) is 16.0 Å². The molecule has 0 aliphatic carbocycles. The lowest BCUT2D eigenvalue weighted by Crippen LogP contribution is -2.29. The third-order valence-electron chi connectivity index (χ3n) is 4.08. The fourth-order valence-electron chi connectivity index (χ4n) is 2.71. The first-order chi connectivity index (χ1) is 13.1. The number of carbonyl (C=O) groups is 1. The maximum absolute atomic E-state index is 12.2. The highest BCUT2D eigenvalue weighted by Gasteiger charge is 2.15. The third-order valence-corrected chi connectivity index (χ3v) is 4.94. The molecule has 0 aliphatic heterocycles. The predicted molar refractivity (Wildman–Crippen MR) is 101 cm³/mol. The summed E-state index contributed by atoms with van der Waals surface area (Å²) >= 11 is 1.43. The second kappa shape index (κ2) is 7.20. The molecule has 3 heterocycles. The molecule has 9 heteroatoms. The molecule has 0 saturated heterocycles. The summed E-state index contributed by atoms with van der Waals surface area (Å²) in [4.78, 5) is 32.6. The van der Waals surface area contributed by atoms with E-state index in [-0.39, 0.29) is 30.8 Å². The van der Waals surface area contributed by atoms with Gasteiger partial charge in [-0.2, -0.15) is 4.68 Å². The van der Waals surface area contributed by atoms with Crippen molar-refractivity contribution in [3.8, 4) is 10.8 Å². The van der Waals surface area contributed by atoms with Crippen LogP contribution in [0.15, 0.2) is 51.0 Å². The number of hydrogen-bond donors (Lipinski definition) is 2. The second-order valence-corrected chi connectivity index (χ2v) is 7.00. The fourth-order valence-corrected chi connectivity index (χ4v) is 3.36. The van der Waals surface area contributed by atoms with Crippen molar-refractivity contribution < 1.29 is 9.21 Å². The Balaban J connectivity index is 1.37. The van der Waals surface area contributed by atoms with Crippen LogP contribution in [0.5, 0.6) is 0 Å². The Morgan fingerprint density at radius 2 is 2.19 bits per heavy atom. The summed E-state index contributed by atoms with van der Waals surface area (Å²) in [6.07, 6.45) is 0.112. The van der Waals surface area contributed by atoms with Gasteiger partial charge in [-0.05, 0) is 30.5 Å². The Morgan fingerprint density at radius 1 is 1.33 bits per heavy atom. The molecule has 0 bridgehead atoms. The number of rotatable bonds is 6. The van der Waals surface area contributed by atoms with Crippen molar-refractivity contribution in [2.24, 2.45) is 0 Å². The van der Waals surface area contributed by atoms with Crippen LogP contribution in [0.2, 0.25) is 0 Å². The van der Waals surface area contributed by atoms with Crippen molar-refractivity contribution >= 4 is 28.3 Å². The van der Waals surface area contributed by atoms with Gasteiger partial charge in [-0.1, -0.05) is 18.2 Å². The molecule has 1 atom stereocenters. The first-order valence-electron chi connectivity index (χ1n) is 8.46. The van der Waals surface area contributed by atoms with E-state index in [1.807, 2.05) is 48.7 Å². The number of carbonyl (C=O) groups excluding carboxylic acids is 1. The standard InChI is InChI=1S/C18H17N5O3S/c1-11(16-20-12-5-2-3-6-13(12)21-16)19-15(24)8-9-23-18(25)26-17(22-23)14-7-4-10-27-14/h2-7,10-11H,8-9H2,1H3,(H,19,24)(H,20,21)/t11-/m0/s1. The van der Waals surface area contributed by atoms with Gasteiger partial charge in [0.05, 0.1) is 28.5 Å². The maximum Gasteiger partial charge on any atom is 0.437 e. The molecule has 138 valence electrons. The summed E-state index contributed by atoms with van der Waals surface area (Å²) in [6, 6.07) is 11.1. The predicted octanol–water partition coefficient (Wildman–Crippen LogP) is 2.71. The number of H-pyrrole nitrogens is 1. The average molecular weight is 383 g/mol. The van der Waals surface area contributed by atoms with E-state index in [4.69, 9.17) is 4.42 Å². The van der Waals surface area contributed by atoms with Crippen LogP contribution in [-0.4, -0.2) is 25.7 Å². The Morgan fingerprint density at radius 3 is 2.96 bits per heavy atom. The molecule has 4 rings (SSSR count). The molecule has 0 aliphatic rings. The zero-order valence-corrected chi connectivity index (χ0v) is 15.3. The Bertz CT molecular complexity index is 1090. The van der Waals surface area contributed by atoms with Crippen molar-refractivity contribution in [3.63, 3.8) is 0 Å². The van der Waals surface area contributed by atoms with Crippen LogP contribution in [0.3, 0.4) is 0 Å². The zero-order chi connectivity index (χ0) is 18.8. The van der Waals surface area contributed by atoms with Gasteiger partial charge in [0, 0.05) is 6.42 Å². The number of nitrogens with zero attached hydrogens (tertiary/aromatic N) is 3. The number of hydrogen-bond acceptors (Lipinski definition) is 6. The van der Waals surface area contributed by atoms with Gasteiger partial charge in [0.1, 0.15) is 5.82 Å². The Hall–Kier alpha value is -3.20. The average Bonchev–Trinajstić information content (AvgIpc) is 3.39.